The van der Waals surface area contributed by atoms with Gasteiger partial charge in [-0.25, -0.2) is 0 Å². The molecule has 0 aromatic heterocycles. The molecule has 0 fully saturated rings. The van der Waals surface area contributed by atoms with Crippen LogP contribution in [0, 0.1) is 0 Å². The van der Waals surface area contributed by atoms with Gasteiger partial charge in [-0.3, -0.25) is 9.59 Å². The third kappa shape index (κ3) is 2.76. The van der Waals surface area contributed by atoms with E-state index in [1.54, 1.807) is 22.7 Å². The summed E-state index contributed by atoms with van der Waals surface area (Å²) in [5.41, 5.74) is 1.29. The largest absolute Gasteiger partial charge is 0.340 e. The maximum atomic E-state index is 12.5. The highest BCUT2D eigenvalue weighted by Gasteiger charge is 2.31. The number of hydrogen-bond acceptors (Lipinski definition) is 3. The summed E-state index contributed by atoms with van der Waals surface area (Å²) in [4.78, 5) is 26.4. The van der Waals surface area contributed by atoms with E-state index in [1.165, 1.54) is 0 Å². The summed E-state index contributed by atoms with van der Waals surface area (Å²) in [6, 6.07) is 6.86. The van der Waals surface area contributed by atoms with E-state index >= 15 is 0 Å². The van der Waals surface area contributed by atoms with Crippen LogP contribution in [-0.4, -0.2) is 36.4 Å². The molecule has 1 N–H and O–H groups in total. The summed E-state index contributed by atoms with van der Waals surface area (Å²) in [7, 11) is 0. The van der Waals surface area contributed by atoms with Crippen molar-refractivity contribution in [1.82, 2.24) is 5.32 Å². The van der Waals surface area contributed by atoms with Gasteiger partial charge in [-0.05, 0) is 24.8 Å². The van der Waals surface area contributed by atoms with Gasteiger partial charge in [0.05, 0.1) is 11.3 Å². The van der Waals surface area contributed by atoms with Crippen LogP contribution in [0.1, 0.15) is 23.7 Å². The lowest BCUT2D eigenvalue weighted by atomic mass is 10.1. The molecule has 4 nitrogen and oxygen atoms in total. The number of nitrogens with one attached hydrogen (secondary N) is 1. The van der Waals surface area contributed by atoms with E-state index in [9.17, 15) is 9.59 Å². The first-order valence-electron chi connectivity index (χ1n) is 6.39. The second kappa shape index (κ2) is 6.10. The van der Waals surface area contributed by atoms with Gasteiger partial charge in [-0.2, -0.15) is 11.8 Å². The van der Waals surface area contributed by atoms with Crippen molar-refractivity contribution in [3.05, 3.63) is 29.8 Å². The second-order valence-corrected chi connectivity index (χ2v) is 5.42. The number of carbonyl (C=O) groups excluding carboxylic acids is 2. The number of hydrogen-bond donors (Lipinski definition) is 1. The molecule has 1 heterocycles. The van der Waals surface area contributed by atoms with Crippen LogP contribution >= 0.6 is 11.8 Å². The number of amides is 2. The lowest BCUT2D eigenvalue weighted by Gasteiger charge is -2.24. The molecule has 1 atom stereocenters. The van der Waals surface area contributed by atoms with Crippen molar-refractivity contribution >= 4 is 29.3 Å². The Morgan fingerprint density at radius 3 is 2.74 bits per heavy atom. The van der Waals surface area contributed by atoms with Gasteiger partial charge in [0, 0.05) is 12.3 Å². The summed E-state index contributed by atoms with van der Waals surface area (Å²) in [5, 5.41) is 2.80. The van der Waals surface area contributed by atoms with E-state index in [4.69, 9.17) is 0 Å². The highest BCUT2D eigenvalue weighted by molar-refractivity contribution is 7.98. The Labute approximate surface area is 117 Å². The topological polar surface area (TPSA) is 49.4 Å². The fourth-order valence-corrected chi connectivity index (χ4v) is 2.56. The molecule has 0 radical (unpaired) electrons. The van der Waals surface area contributed by atoms with Crippen LogP contribution in [0.3, 0.4) is 0 Å². The molecular weight excluding hydrogens is 260 g/mol. The minimum absolute atomic E-state index is 0.0187. The van der Waals surface area contributed by atoms with Crippen LogP contribution in [0.2, 0.25) is 0 Å². The molecule has 0 saturated carbocycles. The van der Waals surface area contributed by atoms with Crippen molar-refractivity contribution in [2.75, 3.05) is 23.5 Å². The number of thioether (sulfide) groups is 1. The SMILES string of the molecule is CCC1NC(=O)c2ccccc2N(CCSC)C1=O. The van der Waals surface area contributed by atoms with Crippen molar-refractivity contribution in [3.63, 3.8) is 0 Å². The lowest BCUT2D eigenvalue weighted by Crippen LogP contribution is -2.46. The van der Waals surface area contributed by atoms with E-state index in [-0.39, 0.29) is 11.8 Å². The Balaban J connectivity index is 2.43. The van der Waals surface area contributed by atoms with Crippen LogP contribution in [0.15, 0.2) is 24.3 Å². The first-order valence-corrected chi connectivity index (χ1v) is 7.78. The number of rotatable bonds is 4. The maximum Gasteiger partial charge on any atom is 0.254 e. The predicted molar refractivity (Wildman–Crippen MR) is 78.7 cm³/mol. The zero-order valence-corrected chi connectivity index (χ0v) is 12.0. The highest BCUT2D eigenvalue weighted by atomic mass is 32.2. The molecule has 1 aliphatic rings. The van der Waals surface area contributed by atoms with Gasteiger partial charge in [-0.15, -0.1) is 0 Å². The monoisotopic (exact) mass is 278 g/mol. The third-order valence-corrected chi connectivity index (χ3v) is 3.83. The highest BCUT2D eigenvalue weighted by Crippen LogP contribution is 2.24. The maximum absolute atomic E-state index is 12.5. The molecule has 5 heteroatoms. The summed E-state index contributed by atoms with van der Waals surface area (Å²) >= 11 is 1.69. The Morgan fingerprint density at radius 1 is 1.32 bits per heavy atom. The molecule has 1 unspecified atom stereocenters. The van der Waals surface area contributed by atoms with E-state index in [0.29, 0.717) is 18.5 Å². The van der Waals surface area contributed by atoms with Crippen molar-refractivity contribution in [3.8, 4) is 0 Å². The fourth-order valence-electron chi connectivity index (χ4n) is 2.20. The summed E-state index contributed by atoms with van der Waals surface area (Å²) in [5.74, 6) is 0.669. The fraction of sp³-hybridized carbons (Fsp3) is 0.429. The Kier molecular flexibility index (Phi) is 4.47. The molecule has 0 saturated heterocycles. The summed E-state index contributed by atoms with van der Waals surface area (Å²) < 4.78 is 0. The number of benzene rings is 1. The molecule has 19 heavy (non-hydrogen) atoms. The van der Waals surface area contributed by atoms with Gasteiger partial charge in [-0.1, -0.05) is 19.1 Å². The molecule has 0 bridgehead atoms. The summed E-state index contributed by atoms with van der Waals surface area (Å²) in [6.07, 6.45) is 2.61. The third-order valence-electron chi connectivity index (χ3n) is 3.24. The number of fused-ring (bicyclic) bond motifs is 1. The lowest BCUT2D eigenvalue weighted by molar-refractivity contribution is -0.120. The van der Waals surface area contributed by atoms with E-state index in [0.717, 1.165) is 11.4 Å². The second-order valence-electron chi connectivity index (χ2n) is 4.43. The number of anilines is 1. The van der Waals surface area contributed by atoms with E-state index < -0.39 is 6.04 Å². The Hall–Kier alpha value is -1.49. The Morgan fingerprint density at radius 2 is 2.05 bits per heavy atom. The van der Waals surface area contributed by atoms with Gasteiger partial charge < -0.3 is 10.2 Å². The number of carbonyl (C=O) groups is 2. The van der Waals surface area contributed by atoms with Crippen molar-refractivity contribution in [2.24, 2.45) is 0 Å². The zero-order valence-electron chi connectivity index (χ0n) is 11.2. The molecule has 1 aromatic carbocycles. The molecule has 2 amide bonds. The van der Waals surface area contributed by atoms with Crippen molar-refractivity contribution in [2.45, 2.75) is 19.4 Å². The molecular formula is C14H18N2O2S. The van der Waals surface area contributed by atoms with Crippen LogP contribution in [0.4, 0.5) is 5.69 Å². The number of para-hydroxylation sites is 1. The molecule has 1 aliphatic heterocycles. The molecule has 2 rings (SSSR count). The standard InChI is InChI=1S/C14H18N2O2S/c1-3-11-14(18)16(8-9-19-2)12-7-5-4-6-10(12)13(17)15-11/h4-7,11H,3,8-9H2,1-2H3,(H,15,17). The normalized spacial score (nSPS) is 18.8. The van der Waals surface area contributed by atoms with Crippen molar-refractivity contribution < 1.29 is 9.59 Å². The predicted octanol–water partition coefficient (Wildman–Crippen LogP) is 1.90. The average Bonchev–Trinajstić information content (AvgIpc) is 2.54. The molecule has 102 valence electrons. The zero-order chi connectivity index (χ0) is 13.8. The van der Waals surface area contributed by atoms with Gasteiger partial charge in [0.2, 0.25) is 5.91 Å². The van der Waals surface area contributed by atoms with Gasteiger partial charge in [0.1, 0.15) is 6.04 Å². The van der Waals surface area contributed by atoms with Crippen LogP contribution in [0.25, 0.3) is 0 Å². The Bertz CT molecular complexity index is 490. The number of nitrogens with zero attached hydrogens (tertiary/aromatic N) is 1. The minimum Gasteiger partial charge on any atom is -0.340 e. The van der Waals surface area contributed by atoms with E-state index in [2.05, 4.69) is 5.32 Å². The van der Waals surface area contributed by atoms with Gasteiger partial charge >= 0.3 is 0 Å². The van der Waals surface area contributed by atoms with Crippen molar-refractivity contribution in [1.29, 1.82) is 0 Å². The smallest absolute Gasteiger partial charge is 0.254 e. The molecule has 0 aliphatic carbocycles. The molecule has 1 aromatic rings. The first-order chi connectivity index (χ1) is 9.19. The average molecular weight is 278 g/mol. The van der Waals surface area contributed by atoms with E-state index in [1.807, 2.05) is 31.4 Å². The summed E-state index contributed by atoms with van der Waals surface area (Å²) in [6.45, 7) is 2.54. The molecule has 0 spiro atoms. The van der Waals surface area contributed by atoms with Crippen LogP contribution in [-0.2, 0) is 4.79 Å². The van der Waals surface area contributed by atoms with Gasteiger partial charge in [0.25, 0.3) is 5.91 Å². The quantitative estimate of drug-likeness (QED) is 0.915. The van der Waals surface area contributed by atoms with Crippen LogP contribution < -0.4 is 10.2 Å². The first kappa shape index (κ1) is 13.9. The van der Waals surface area contributed by atoms with Gasteiger partial charge in [0.15, 0.2) is 0 Å². The van der Waals surface area contributed by atoms with Crippen LogP contribution in [0.5, 0.6) is 0 Å². The minimum atomic E-state index is -0.429.